The normalized spacial score (nSPS) is 11.7. The summed E-state index contributed by atoms with van der Waals surface area (Å²) < 4.78 is 1.11. The van der Waals surface area contributed by atoms with E-state index in [1.165, 1.54) is 5.56 Å². The van der Waals surface area contributed by atoms with E-state index in [-0.39, 0.29) is 12.1 Å². The Bertz CT molecular complexity index is 407. The van der Waals surface area contributed by atoms with Crippen LogP contribution in [-0.2, 0) is 6.54 Å². The molecule has 0 saturated carbocycles. The van der Waals surface area contributed by atoms with Crippen LogP contribution in [0.1, 0.15) is 32.8 Å². The van der Waals surface area contributed by atoms with Gasteiger partial charge in [0.2, 0.25) is 0 Å². The van der Waals surface area contributed by atoms with Crippen molar-refractivity contribution in [2.24, 2.45) is 0 Å². The van der Waals surface area contributed by atoms with Crippen LogP contribution >= 0.6 is 15.9 Å². The number of halogens is 1. The predicted molar refractivity (Wildman–Crippen MR) is 85.7 cm³/mol. The van der Waals surface area contributed by atoms with Gasteiger partial charge in [0, 0.05) is 23.8 Å². The molecule has 1 rings (SSSR count). The number of rotatable bonds is 7. The summed E-state index contributed by atoms with van der Waals surface area (Å²) in [4.78, 5) is 2.10. The van der Waals surface area contributed by atoms with Crippen LogP contribution in [0.2, 0.25) is 0 Å². The van der Waals surface area contributed by atoms with Crippen LogP contribution in [0, 0.1) is 0 Å². The highest BCUT2D eigenvalue weighted by atomic mass is 79.9. The van der Waals surface area contributed by atoms with E-state index in [1.54, 1.807) is 0 Å². The molecular formula is C15H25BrN2O. The van der Waals surface area contributed by atoms with Crippen LogP contribution in [0.4, 0.5) is 5.69 Å². The molecule has 0 aliphatic heterocycles. The zero-order chi connectivity index (χ0) is 14.5. The summed E-state index contributed by atoms with van der Waals surface area (Å²) in [5.41, 5.74) is 2.10. The minimum atomic E-state index is -0.262. The van der Waals surface area contributed by atoms with Gasteiger partial charge in [-0.3, -0.25) is 0 Å². The second kappa shape index (κ2) is 7.27. The second-order valence-electron chi connectivity index (χ2n) is 5.48. The number of anilines is 1. The summed E-state index contributed by atoms with van der Waals surface area (Å²) in [5.74, 6) is 0. The highest BCUT2D eigenvalue weighted by molar-refractivity contribution is 9.10. The monoisotopic (exact) mass is 328 g/mol. The molecule has 1 aromatic carbocycles. The minimum absolute atomic E-state index is 0.126. The zero-order valence-corrected chi connectivity index (χ0v) is 13.9. The first kappa shape index (κ1) is 16.5. The molecule has 0 saturated heterocycles. The zero-order valence-electron chi connectivity index (χ0n) is 12.3. The average Bonchev–Trinajstić information content (AvgIpc) is 2.40. The first-order chi connectivity index (χ1) is 8.92. The topological polar surface area (TPSA) is 35.5 Å². The first-order valence-corrected chi connectivity index (χ1v) is 7.55. The van der Waals surface area contributed by atoms with Crippen molar-refractivity contribution in [3.63, 3.8) is 0 Å². The van der Waals surface area contributed by atoms with Crippen LogP contribution in [0.15, 0.2) is 22.7 Å². The van der Waals surface area contributed by atoms with Gasteiger partial charge < -0.3 is 15.3 Å². The van der Waals surface area contributed by atoms with Gasteiger partial charge in [-0.15, -0.1) is 0 Å². The van der Waals surface area contributed by atoms with Gasteiger partial charge in [-0.1, -0.05) is 28.9 Å². The van der Waals surface area contributed by atoms with Gasteiger partial charge in [-0.25, -0.2) is 0 Å². The molecule has 0 unspecified atom stereocenters. The van der Waals surface area contributed by atoms with Crippen LogP contribution < -0.4 is 10.2 Å². The van der Waals surface area contributed by atoms with E-state index < -0.39 is 0 Å². The van der Waals surface area contributed by atoms with Crippen molar-refractivity contribution in [2.75, 3.05) is 25.1 Å². The molecule has 0 atom stereocenters. The molecule has 0 aliphatic carbocycles. The molecule has 1 aromatic rings. The Kier molecular flexibility index (Phi) is 6.30. The van der Waals surface area contributed by atoms with Gasteiger partial charge in [0.05, 0.1) is 12.1 Å². The summed E-state index contributed by atoms with van der Waals surface area (Å²) >= 11 is 3.63. The van der Waals surface area contributed by atoms with Gasteiger partial charge in [0.15, 0.2) is 0 Å². The molecule has 108 valence electrons. The summed E-state index contributed by atoms with van der Waals surface area (Å²) in [6, 6.07) is 6.34. The lowest BCUT2D eigenvalue weighted by Gasteiger charge is -2.36. The maximum Gasteiger partial charge on any atom is 0.0658 e. The summed E-state index contributed by atoms with van der Waals surface area (Å²) in [6.07, 6.45) is 1.14. The number of benzene rings is 1. The van der Waals surface area contributed by atoms with Crippen molar-refractivity contribution >= 4 is 21.6 Å². The molecule has 0 aliphatic rings. The molecule has 19 heavy (non-hydrogen) atoms. The van der Waals surface area contributed by atoms with E-state index in [1.807, 2.05) is 20.9 Å². The van der Waals surface area contributed by atoms with Gasteiger partial charge >= 0.3 is 0 Å². The molecule has 0 heterocycles. The standard InChI is InChI=1S/C15H25BrN2O/c1-5-8-17-10-12-6-7-13(9-14(12)16)18(4)15(2,3)11-19/h6-7,9,17,19H,5,8,10-11H2,1-4H3. The molecule has 3 nitrogen and oxygen atoms in total. The van der Waals surface area contributed by atoms with Gasteiger partial charge in [0.1, 0.15) is 0 Å². The lowest BCUT2D eigenvalue weighted by Crippen LogP contribution is -2.44. The van der Waals surface area contributed by atoms with Crippen molar-refractivity contribution in [1.29, 1.82) is 0 Å². The summed E-state index contributed by atoms with van der Waals surface area (Å²) in [6.45, 7) is 8.25. The molecule has 2 N–H and O–H groups in total. The van der Waals surface area contributed by atoms with E-state index in [0.29, 0.717) is 0 Å². The molecule has 0 amide bonds. The third kappa shape index (κ3) is 4.48. The number of likely N-dealkylation sites (N-methyl/N-ethyl adjacent to an activating group) is 1. The quantitative estimate of drug-likeness (QED) is 0.755. The molecule has 0 radical (unpaired) electrons. The number of hydrogen-bond donors (Lipinski definition) is 2. The maximum absolute atomic E-state index is 9.43. The van der Waals surface area contributed by atoms with Crippen molar-refractivity contribution < 1.29 is 5.11 Å². The van der Waals surface area contributed by atoms with E-state index in [0.717, 1.165) is 29.7 Å². The lowest BCUT2D eigenvalue weighted by molar-refractivity contribution is 0.216. The summed E-state index contributed by atoms with van der Waals surface area (Å²) in [5, 5.41) is 12.8. The fraction of sp³-hybridized carbons (Fsp3) is 0.600. The number of aliphatic hydroxyl groups excluding tert-OH is 1. The molecule has 0 aromatic heterocycles. The number of nitrogens with one attached hydrogen (secondary N) is 1. The third-order valence-corrected chi connectivity index (χ3v) is 4.20. The number of nitrogens with zero attached hydrogens (tertiary/aromatic N) is 1. The Hall–Kier alpha value is -0.580. The van der Waals surface area contributed by atoms with Gasteiger partial charge in [0.25, 0.3) is 0 Å². The Morgan fingerprint density at radius 2 is 2.05 bits per heavy atom. The van der Waals surface area contributed by atoms with Crippen LogP contribution in [-0.4, -0.2) is 30.8 Å². The third-order valence-electron chi connectivity index (χ3n) is 3.46. The fourth-order valence-corrected chi connectivity index (χ4v) is 2.25. The fourth-order valence-electron chi connectivity index (χ4n) is 1.74. The van der Waals surface area contributed by atoms with Crippen LogP contribution in [0.3, 0.4) is 0 Å². The van der Waals surface area contributed by atoms with Crippen molar-refractivity contribution in [3.8, 4) is 0 Å². The molecule has 0 spiro atoms. The van der Waals surface area contributed by atoms with E-state index in [2.05, 4.69) is 51.3 Å². The van der Waals surface area contributed by atoms with Crippen LogP contribution in [0.5, 0.6) is 0 Å². The van der Waals surface area contributed by atoms with Gasteiger partial charge in [-0.2, -0.15) is 0 Å². The molecular weight excluding hydrogens is 304 g/mol. The molecule has 4 heteroatoms. The Labute approximate surface area is 125 Å². The molecule has 0 fully saturated rings. The Balaban J connectivity index is 2.81. The minimum Gasteiger partial charge on any atom is -0.394 e. The largest absolute Gasteiger partial charge is 0.394 e. The first-order valence-electron chi connectivity index (χ1n) is 6.76. The predicted octanol–water partition coefficient (Wildman–Crippen LogP) is 3.16. The van der Waals surface area contributed by atoms with E-state index >= 15 is 0 Å². The second-order valence-corrected chi connectivity index (χ2v) is 6.34. The van der Waals surface area contributed by atoms with Gasteiger partial charge in [-0.05, 0) is 44.5 Å². The van der Waals surface area contributed by atoms with E-state index in [9.17, 15) is 5.11 Å². The number of hydrogen-bond acceptors (Lipinski definition) is 3. The Morgan fingerprint density at radius 3 is 2.58 bits per heavy atom. The highest BCUT2D eigenvalue weighted by Crippen LogP contribution is 2.27. The van der Waals surface area contributed by atoms with Crippen LogP contribution in [0.25, 0.3) is 0 Å². The summed E-state index contributed by atoms with van der Waals surface area (Å²) in [7, 11) is 2.01. The maximum atomic E-state index is 9.43. The lowest BCUT2D eigenvalue weighted by atomic mass is 10.0. The van der Waals surface area contributed by atoms with Crippen molar-refractivity contribution in [2.45, 2.75) is 39.3 Å². The Morgan fingerprint density at radius 1 is 1.37 bits per heavy atom. The SMILES string of the molecule is CCCNCc1ccc(N(C)C(C)(C)CO)cc1Br. The smallest absolute Gasteiger partial charge is 0.0658 e. The average molecular weight is 329 g/mol. The molecule has 0 bridgehead atoms. The highest BCUT2D eigenvalue weighted by Gasteiger charge is 2.23. The number of aliphatic hydroxyl groups is 1. The van der Waals surface area contributed by atoms with Crippen molar-refractivity contribution in [3.05, 3.63) is 28.2 Å². The van der Waals surface area contributed by atoms with E-state index in [4.69, 9.17) is 0 Å². The van der Waals surface area contributed by atoms with Crippen molar-refractivity contribution in [1.82, 2.24) is 5.32 Å².